The molecule has 0 aliphatic heterocycles. The van der Waals surface area contributed by atoms with Gasteiger partial charge in [-0.05, 0) is 25.1 Å². The maximum absolute atomic E-state index is 9.08. The van der Waals surface area contributed by atoms with Crippen LogP contribution in [0.1, 0.15) is 12.5 Å². The largest absolute Gasteiger partial charge is 0.392 e. The minimum Gasteiger partial charge on any atom is -0.392 e. The molecule has 14 heavy (non-hydrogen) atoms. The normalized spacial score (nSPS) is 11.9. The number of nitrogens with zero attached hydrogens (tertiary/aromatic N) is 1. The summed E-state index contributed by atoms with van der Waals surface area (Å²) in [6.07, 6.45) is -0.426. The van der Waals surface area contributed by atoms with E-state index in [0.29, 0.717) is 12.1 Å². The molecule has 0 heterocycles. The summed E-state index contributed by atoms with van der Waals surface area (Å²) in [6, 6.07) is 7.49. The third kappa shape index (κ3) is 3.02. The molecule has 0 aliphatic carbocycles. The summed E-state index contributed by atoms with van der Waals surface area (Å²) in [6.45, 7) is 2.13. The van der Waals surface area contributed by atoms with Crippen molar-refractivity contribution in [1.82, 2.24) is 0 Å². The minimum absolute atomic E-state index is 0.426. The molecule has 74 valence electrons. The molecule has 1 rings (SSSR count). The lowest BCUT2D eigenvalue weighted by molar-refractivity contribution is 0.208. The lowest BCUT2D eigenvalue weighted by Gasteiger charge is -2.09. The van der Waals surface area contributed by atoms with E-state index in [1.165, 1.54) is 0 Å². The van der Waals surface area contributed by atoms with Gasteiger partial charge in [-0.15, -0.1) is 0 Å². The molecule has 1 aromatic rings. The Morgan fingerprint density at radius 3 is 2.93 bits per heavy atom. The lowest BCUT2D eigenvalue weighted by Crippen LogP contribution is -2.15. The van der Waals surface area contributed by atoms with Crippen molar-refractivity contribution in [1.29, 1.82) is 5.26 Å². The highest BCUT2D eigenvalue weighted by Crippen LogP contribution is 2.19. The molecular weight excluding hydrogens is 244 g/mol. The van der Waals surface area contributed by atoms with Crippen LogP contribution in [0.3, 0.4) is 0 Å². The van der Waals surface area contributed by atoms with Gasteiger partial charge in [0.25, 0.3) is 0 Å². The number of aliphatic hydroxyl groups excluding tert-OH is 1. The maximum atomic E-state index is 9.08. The van der Waals surface area contributed by atoms with Crippen LogP contribution in [0.4, 0.5) is 5.69 Å². The van der Waals surface area contributed by atoms with Crippen LogP contribution in [0.25, 0.3) is 0 Å². The van der Waals surface area contributed by atoms with Crippen LogP contribution in [0.5, 0.6) is 0 Å². The smallest absolute Gasteiger partial charge is 0.101 e. The standard InChI is InChI=1S/C10H11BrN2O/c1-7(14)6-13-10-3-2-9(11)4-8(10)5-12/h2-4,7,13-14H,6H2,1H3/t7-/m1/s1. The summed E-state index contributed by atoms with van der Waals surface area (Å²) in [4.78, 5) is 0. The van der Waals surface area contributed by atoms with E-state index in [4.69, 9.17) is 10.4 Å². The average molecular weight is 255 g/mol. The van der Waals surface area contributed by atoms with E-state index in [0.717, 1.165) is 10.2 Å². The monoisotopic (exact) mass is 254 g/mol. The molecule has 0 bridgehead atoms. The Bertz CT molecular complexity index is 358. The summed E-state index contributed by atoms with van der Waals surface area (Å²) in [5.41, 5.74) is 1.32. The zero-order valence-corrected chi connectivity index (χ0v) is 9.37. The Morgan fingerprint density at radius 1 is 1.64 bits per heavy atom. The maximum Gasteiger partial charge on any atom is 0.101 e. The predicted molar refractivity (Wildman–Crippen MR) is 59.0 cm³/mol. The van der Waals surface area contributed by atoms with Gasteiger partial charge in [-0.2, -0.15) is 5.26 Å². The van der Waals surface area contributed by atoms with Crippen LogP contribution < -0.4 is 5.32 Å². The fourth-order valence-corrected chi connectivity index (χ4v) is 1.38. The lowest BCUT2D eigenvalue weighted by atomic mass is 10.2. The van der Waals surface area contributed by atoms with Gasteiger partial charge >= 0.3 is 0 Å². The van der Waals surface area contributed by atoms with Gasteiger partial charge in [0.1, 0.15) is 6.07 Å². The number of rotatable bonds is 3. The number of anilines is 1. The van der Waals surface area contributed by atoms with Crippen molar-refractivity contribution < 1.29 is 5.11 Å². The third-order valence-corrected chi connectivity index (χ3v) is 2.18. The zero-order chi connectivity index (χ0) is 10.6. The fraction of sp³-hybridized carbons (Fsp3) is 0.300. The first-order chi connectivity index (χ1) is 6.63. The second-order valence-electron chi connectivity index (χ2n) is 3.03. The molecule has 0 saturated carbocycles. The van der Waals surface area contributed by atoms with E-state index in [1.807, 2.05) is 12.1 Å². The Kier molecular flexibility index (Phi) is 3.93. The highest BCUT2D eigenvalue weighted by atomic mass is 79.9. The quantitative estimate of drug-likeness (QED) is 0.869. The Labute approximate surface area is 91.5 Å². The topological polar surface area (TPSA) is 56.0 Å². The average Bonchev–Trinajstić information content (AvgIpc) is 2.15. The van der Waals surface area contributed by atoms with Crippen molar-refractivity contribution in [3.05, 3.63) is 28.2 Å². The second-order valence-corrected chi connectivity index (χ2v) is 3.95. The summed E-state index contributed by atoms with van der Waals surface area (Å²) < 4.78 is 0.872. The molecule has 0 aromatic heterocycles. The molecule has 0 fully saturated rings. The van der Waals surface area contributed by atoms with Crippen LogP contribution in [-0.2, 0) is 0 Å². The van der Waals surface area contributed by atoms with E-state index in [2.05, 4.69) is 27.3 Å². The number of aliphatic hydroxyl groups is 1. The minimum atomic E-state index is -0.426. The predicted octanol–water partition coefficient (Wildman–Crippen LogP) is 2.11. The van der Waals surface area contributed by atoms with Crippen molar-refractivity contribution in [3.8, 4) is 6.07 Å². The van der Waals surface area contributed by atoms with Gasteiger partial charge in [0.2, 0.25) is 0 Å². The molecular formula is C10H11BrN2O. The summed E-state index contributed by atoms with van der Waals surface area (Å²) in [7, 11) is 0. The van der Waals surface area contributed by atoms with Gasteiger partial charge in [-0.1, -0.05) is 15.9 Å². The van der Waals surface area contributed by atoms with Crippen molar-refractivity contribution in [2.24, 2.45) is 0 Å². The van der Waals surface area contributed by atoms with Gasteiger partial charge < -0.3 is 10.4 Å². The SMILES string of the molecule is C[C@@H](O)CNc1ccc(Br)cc1C#N. The summed E-state index contributed by atoms with van der Waals surface area (Å²) in [5, 5.41) is 20.9. The van der Waals surface area contributed by atoms with Gasteiger partial charge in [0.15, 0.2) is 0 Å². The fourth-order valence-electron chi connectivity index (χ4n) is 1.02. The van der Waals surface area contributed by atoms with Crippen molar-refractivity contribution >= 4 is 21.6 Å². The summed E-state index contributed by atoms with van der Waals surface area (Å²) in [5.74, 6) is 0. The Morgan fingerprint density at radius 2 is 2.36 bits per heavy atom. The first kappa shape index (κ1) is 11.0. The molecule has 0 amide bonds. The van der Waals surface area contributed by atoms with Crippen LogP contribution in [0.15, 0.2) is 22.7 Å². The number of nitrogens with one attached hydrogen (secondary N) is 1. The number of nitriles is 1. The Hall–Kier alpha value is -1.05. The van der Waals surface area contributed by atoms with Crippen LogP contribution in [0, 0.1) is 11.3 Å². The molecule has 0 radical (unpaired) electrons. The molecule has 0 spiro atoms. The number of hydrogen-bond acceptors (Lipinski definition) is 3. The highest BCUT2D eigenvalue weighted by Gasteiger charge is 2.02. The molecule has 1 atom stereocenters. The number of halogens is 1. The van der Waals surface area contributed by atoms with Gasteiger partial charge in [0.05, 0.1) is 17.4 Å². The van der Waals surface area contributed by atoms with E-state index in [-0.39, 0.29) is 0 Å². The molecule has 4 heteroatoms. The molecule has 3 nitrogen and oxygen atoms in total. The van der Waals surface area contributed by atoms with Crippen LogP contribution in [0.2, 0.25) is 0 Å². The first-order valence-electron chi connectivity index (χ1n) is 4.25. The highest BCUT2D eigenvalue weighted by molar-refractivity contribution is 9.10. The Balaban J connectivity index is 2.82. The molecule has 1 aromatic carbocycles. The van der Waals surface area contributed by atoms with E-state index >= 15 is 0 Å². The second kappa shape index (κ2) is 4.99. The van der Waals surface area contributed by atoms with E-state index in [9.17, 15) is 0 Å². The molecule has 0 aliphatic rings. The zero-order valence-electron chi connectivity index (χ0n) is 7.79. The molecule has 0 unspecified atom stereocenters. The summed E-state index contributed by atoms with van der Waals surface area (Å²) >= 11 is 3.29. The van der Waals surface area contributed by atoms with Crippen molar-refractivity contribution in [2.75, 3.05) is 11.9 Å². The number of hydrogen-bond donors (Lipinski definition) is 2. The van der Waals surface area contributed by atoms with Gasteiger partial charge in [0, 0.05) is 11.0 Å². The van der Waals surface area contributed by atoms with Crippen molar-refractivity contribution in [2.45, 2.75) is 13.0 Å². The van der Waals surface area contributed by atoms with Crippen LogP contribution in [-0.4, -0.2) is 17.8 Å². The van der Waals surface area contributed by atoms with Gasteiger partial charge in [-0.25, -0.2) is 0 Å². The van der Waals surface area contributed by atoms with E-state index < -0.39 is 6.10 Å². The van der Waals surface area contributed by atoms with Gasteiger partial charge in [-0.3, -0.25) is 0 Å². The van der Waals surface area contributed by atoms with Crippen LogP contribution >= 0.6 is 15.9 Å². The molecule has 2 N–H and O–H groups in total. The van der Waals surface area contributed by atoms with Crippen molar-refractivity contribution in [3.63, 3.8) is 0 Å². The number of benzene rings is 1. The third-order valence-electron chi connectivity index (χ3n) is 1.69. The molecule has 0 saturated heterocycles. The van der Waals surface area contributed by atoms with E-state index in [1.54, 1.807) is 13.0 Å². The first-order valence-corrected chi connectivity index (χ1v) is 5.04.